The Hall–Kier alpha value is -4.39. The van der Waals surface area contributed by atoms with Gasteiger partial charge in [-0.05, 0) is 49.2 Å². The molecule has 36 heavy (non-hydrogen) atoms. The van der Waals surface area contributed by atoms with Gasteiger partial charge in [0.2, 0.25) is 0 Å². The van der Waals surface area contributed by atoms with E-state index >= 15 is 0 Å². The highest BCUT2D eigenvalue weighted by atomic mass is 16.5. The standard InChI is InChI=1S/C29H28N4O3/c1-18-5-8-20(9-6-18)26-27(36-4)28(31-17-30-26)32-23-11-12-24-22(14-23)16-33(29(24)34)15-21-10-7-19(2)13-25(21)35-3/h5-14,17H,15-16H2,1-4H3,(H,30,31,32). The Kier molecular flexibility index (Phi) is 6.29. The molecule has 1 aliphatic heterocycles. The Balaban J connectivity index is 1.38. The topological polar surface area (TPSA) is 76.6 Å². The lowest BCUT2D eigenvalue weighted by Gasteiger charge is -2.18. The number of amides is 1. The second kappa shape index (κ2) is 9.70. The monoisotopic (exact) mass is 480 g/mol. The summed E-state index contributed by atoms with van der Waals surface area (Å²) in [5, 5.41) is 3.35. The molecular weight excluding hydrogens is 452 g/mol. The normalized spacial score (nSPS) is 12.4. The number of benzene rings is 3. The lowest BCUT2D eigenvalue weighted by molar-refractivity contribution is 0.0765. The van der Waals surface area contributed by atoms with E-state index in [1.54, 1.807) is 14.2 Å². The molecule has 5 rings (SSSR count). The van der Waals surface area contributed by atoms with Crippen LogP contribution in [-0.2, 0) is 13.1 Å². The number of nitrogens with one attached hydrogen (secondary N) is 1. The van der Waals surface area contributed by atoms with Crippen molar-refractivity contribution < 1.29 is 14.3 Å². The van der Waals surface area contributed by atoms with Gasteiger partial charge < -0.3 is 19.7 Å². The Labute approximate surface area is 210 Å². The van der Waals surface area contributed by atoms with E-state index in [2.05, 4.69) is 15.3 Å². The first kappa shape index (κ1) is 23.4. The number of hydrogen-bond acceptors (Lipinski definition) is 6. The van der Waals surface area contributed by atoms with Crippen molar-refractivity contribution >= 4 is 17.4 Å². The van der Waals surface area contributed by atoms with E-state index < -0.39 is 0 Å². The van der Waals surface area contributed by atoms with Crippen molar-refractivity contribution in [1.29, 1.82) is 0 Å². The number of rotatable bonds is 7. The fraction of sp³-hybridized carbons (Fsp3) is 0.207. The predicted molar refractivity (Wildman–Crippen MR) is 140 cm³/mol. The van der Waals surface area contributed by atoms with Gasteiger partial charge in [0.25, 0.3) is 5.91 Å². The Morgan fingerprint density at radius 2 is 1.69 bits per heavy atom. The summed E-state index contributed by atoms with van der Waals surface area (Å²) in [6.07, 6.45) is 1.52. The number of anilines is 2. The van der Waals surface area contributed by atoms with E-state index in [1.807, 2.05) is 79.4 Å². The zero-order valence-electron chi connectivity index (χ0n) is 20.8. The fourth-order valence-electron chi connectivity index (χ4n) is 4.48. The summed E-state index contributed by atoms with van der Waals surface area (Å²) < 4.78 is 11.2. The summed E-state index contributed by atoms with van der Waals surface area (Å²) in [4.78, 5) is 23.8. The van der Waals surface area contributed by atoms with Gasteiger partial charge in [-0.2, -0.15) is 0 Å². The number of aryl methyl sites for hydroxylation is 2. The average molecular weight is 481 g/mol. The molecule has 1 aromatic heterocycles. The zero-order valence-corrected chi connectivity index (χ0v) is 20.8. The number of carbonyl (C=O) groups excluding carboxylic acids is 1. The molecule has 1 aliphatic rings. The van der Waals surface area contributed by atoms with Gasteiger partial charge >= 0.3 is 0 Å². The first-order valence-corrected chi connectivity index (χ1v) is 11.8. The predicted octanol–water partition coefficient (Wildman–Crippen LogP) is 5.68. The molecule has 2 heterocycles. The van der Waals surface area contributed by atoms with Gasteiger partial charge in [0.15, 0.2) is 11.6 Å². The van der Waals surface area contributed by atoms with Crippen molar-refractivity contribution in [2.24, 2.45) is 0 Å². The molecule has 0 unspecified atom stereocenters. The van der Waals surface area contributed by atoms with Crippen LogP contribution in [-0.4, -0.2) is 35.0 Å². The molecule has 0 saturated carbocycles. The van der Waals surface area contributed by atoms with Crippen LogP contribution >= 0.6 is 0 Å². The molecule has 0 bridgehead atoms. The van der Waals surface area contributed by atoms with Gasteiger partial charge in [-0.1, -0.05) is 42.0 Å². The first-order valence-electron chi connectivity index (χ1n) is 11.8. The quantitative estimate of drug-likeness (QED) is 0.367. The van der Waals surface area contributed by atoms with Crippen LogP contribution in [0.15, 0.2) is 67.0 Å². The maximum atomic E-state index is 13.1. The molecule has 7 nitrogen and oxygen atoms in total. The minimum atomic E-state index is 0.0143. The molecule has 0 atom stereocenters. The highest BCUT2D eigenvalue weighted by Crippen LogP contribution is 2.36. The molecule has 4 aromatic rings. The minimum absolute atomic E-state index is 0.0143. The number of methoxy groups -OCH3 is 2. The molecule has 7 heteroatoms. The number of aromatic nitrogens is 2. The molecule has 3 aromatic carbocycles. The number of carbonyl (C=O) groups is 1. The van der Waals surface area contributed by atoms with Crippen LogP contribution < -0.4 is 14.8 Å². The second-order valence-electron chi connectivity index (χ2n) is 8.94. The molecule has 0 fully saturated rings. The van der Waals surface area contributed by atoms with Gasteiger partial charge in [0, 0.05) is 35.5 Å². The average Bonchev–Trinajstić information content (AvgIpc) is 3.19. The van der Waals surface area contributed by atoms with Crippen LogP contribution in [0, 0.1) is 13.8 Å². The highest BCUT2D eigenvalue weighted by molar-refractivity contribution is 5.99. The van der Waals surface area contributed by atoms with Crippen molar-refractivity contribution in [1.82, 2.24) is 14.9 Å². The number of fused-ring (bicyclic) bond motifs is 1. The lowest BCUT2D eigenvalue weighted by atomic mass is 10.1. The first-order chi connectivity index (χ1) is 17.5. The highest BCUT2D eigenvalue weighted by Gasteiger charge is 2.28. The third-order valence-corrected chi connectivity index (χ3v) is 6.38. The molecule has 1 amide bonds. The Morgan fingerprint density at radius 1 is 0.917 bits per heavy atom. The van der Waals surface area contributed by atoms with E-state index in [0.717, 1.165) is 33.7 Å². The van der Waals surface area contributed by atoms with Crippen LogP contribution in [0.2, 0.25) is 0 Å². The maximum absolute atomic E-state index is 13.1. The van der Waals surface area contributed by atoms with Gasteiger partial charge in [-0.25, -0.2) is 9.97 Å². The number of hydrogen-bond donors (Lipinski definition) is 1. The van der Waals surface area contributed by atoms with Crippen molar-refractivity contribution in [2.45, 2.75) is 26.9 Å². The van der Waals surface area contributed by atoms with E-state index in [4.69, 9.17) is 9.47 Å². The number of ether oxygens (including phenoxy) is 2. The summed E-state index contributed by atoms with van der Waals surface area (Å²) in [6.45, 7) is 5.08. The van der Waals surface area contributed by atoms with Crippen LogP contribution in [0.25, 0.3) is 11.3 Å². The zero-order chi connectivity index (χ0) is 25.2. The molecule has 0 radical (unpaired) electrons. The molecular formula is C29H28N4O3. The number of nitrogens with zero attached hydrogens (tertiary/aromatic N) is 3. The van der Waals surface area contributed by atoms with Gasteiger partial charge in [-0.15, -0.1) is 0 Å². The molecule has 0 aliphatic carbocycles. The maximum Gasteiger partial charge on any atom is 0.254 e. The van der Waals surface area contributed by atoms with Crippen LogP contribution in [0.1, 0.15) is 32.6 Å². The summed E-state index contributed by atoms with van der Waals surface area (Å²) in [6, 6.07) is 19.9. The summed E-state index contributed by atoms with van der Waals surface area (Å²) in [7, 11) is 3.27. The van der Waals surface area contributed by atoms with Crippen LogP contribution in [0.5, 0.6) is 11.5 Å². The largest absolute Gasteiger partial charge is 0.496 e. The Bertz CT molecular complexity index is 1430. The van der Waals surface area contributed by atoms with E-state index in [0.29, 0.717) is 35.9 Å². The van der Waals surface area contributed by atoms with Crippen molar-refractivity contribution in [3.63, 3.8) is 0 Å². The van der Waals surface area contributed by atoms with Gasteiger partial charge in [-0.3, -0.25) is 4.79 Å². The van der Waals surface area contributed by atoms with Crippen molar-refractivity contribution in [2.75, 3.05) is 19.5 Å². The van der Waals surface area contributed by atoms with Crippen molar-refractivity contribution in [3.8, 4) is 22.8 Å². The van der Waals surface area contributed by atoms with Crippen molar-refractivity contribution in [3.05, 3.63) is 94.8 Å². The molecule has 0 spiro atoms. The van der Waals surface area contributed by atoms with Gasteiger partial charge in [0.05, 0.1) is 14.2 Å². The van der Waals surface area contributed by atoms with Crippen LogP contribution in [0.4, 0.5) is 11.5 Å². The van der Waals surface area contributed by atoms with E-state index in [9.17, 15) is 4.79 Å². The summed E-state index contributed by atoms with van der Waals surface area (Å²) >= 11 is 0. The lowest BCUT2D eigenvalue weighted by Crippen LogP contribution is -2.23. The van der Waals surface area contributed by atoms with Crippen LogP contribution in [0.3, 0.4) is 0 Å². The summed E-state index contributed by atoms with van der Waals surface area (Å²) in [5.41, 5.74) is 7.43. The fourth-order valence-corrected chi connectivity index (χ4v) is 4.48. The third kappa shape index (κ3) is 4.47. The second-order valence-corrected chi connectivity index (χ2v) is 8.94. The molecule has 0 saturated heterocycles. The van der Waals surface area contributed by atoms with Gasteiger partial charge in [0.1, 0.15) is 17.8 Å². The SMILES string of the molecule is COc1cc(C)ccc1CN1Cc2cc(Nc3ncnc(-c4ccc(C)cc4)c3OC)ccc2C1=O. The Morgan fingerprint density at radius 3 is 2.44 bits per heavy atom. The van der Waals surface area contributed by atoms with E-state index in [-0.39, 0.29) is 5.91 Å². The molecule has 1 N–H and O–H groups in total. The molecule has 182 valence electrons. The summed E-state index contributed by atoms with van der Waals surface area (Å²) in [5.74, 6) is 1.93. The smallest absolute Gasteiger partial charge is 0.254 e. The van der Waals surface area contributed by atoms with E-state index in [1.165, 1.54) is 11.9 Å². The minimum Gasteiger partial charge on any atom is -0.496 e. The third-order valence-electron chi connectivity index (χ3n) is 6.38.